The van der Waals surface area contributed by atoms with E-state index >= 15 is 0 Å². The van der Waals surface area contributed by atoms with Crippen molar-refractivity contribution in [3.8, 4) is 0 Å². The summed E-state index contributed by atoms with van der Waals surface area (Å²) in [5.74, 6) is -0.0324. The molecule has 0 saturated carbocycles. The number of thiocarbonyl (C=S) groups is 1. The molecule has 2 fully saturated rings. The number of amides is 1. The number of likely N-dealkylation sites (tertiary alicyclic amines) is 1. The van der Waals surface area contributed by atoms with Crippen LogP contribution in [0.2, 0.25) is 0 Å². The molecule has 0 N–H and O–H groups in total. The molecule has 2 rings (SSSR count). The van der Waals surface area contributed by atoms with Gasteiger partial charge in [-0.05, 0) is 37.2 Å². The Hall–Kier alpha value is -1.36. The van der Waals surface area contributed by atoms with Crippen molar-refractivity contribution >= 4 is 23.2 Å². The van der Waals surface area contributed by atoms with Gasteiger partial charge in [0.15, 0.2) is 5.11 Å². The largest absolute Gasteiger partial charge is 0.378 e. The van der Waals surface area contributed by atoms with Gasteiger partial charge in [0.2, 0.25) is 0 Å². The number of carbonyl (C=O) groups excluding carboxylic acids is 1. The smallest absolute Gasteiger partial charge is 0.276 e. The third-order valence-corrected chi connectivity index (χ3v) is 3.86. The lowest BCUT2D eigenvalue weighted by molar-refractivity contribution is -0.121. The molecule has 2 aliphatic rings. The number of hydrogen-bond acceptors (Lipinski definition) is 3. The molecule has 0 aliphatic carbocycles. The summed E-state index contributed by atoms with van der Waals surface area (Å²) in [7, 11) is 5.61. The molecule has 0 atom stereocenters. The Morgan fingerprint density at radius 1 is 1.18 bits per heavy atom. The second kappa shape index (κ2) is 4.49. The lowest BCUT2D eigenvalue weighted by atomic mass is 10.2. The average molecular weight is 251 g/mol. The first-order valence-corrected chi connectivity index (χ1v) is 6.11. The molecule has 0 aromatic heterocycles. The second-order valence-electron chi connectivity index (χ2n) is 4.44. The van der Waals surface area contributed by atoms with Crippen molar-refractivity contribution in [1.82, 2.24) is 14.7 Å². The normalized spacial score (nSPS) is 25.9. The summed E-state index contributed by atoms with van der Waals surface area (Å²) in [6, 6.07) is 0. The van der Waals surface area contributed by atoms with Crippen molar-refractivity contribution in [3.63, 3.8) is 0 Å². The molecule has 0 bridgehead atoms. The van der Waals surface area contributed by atoms with Gasteiger partial charge in [-0.1, -0.05) is 0 Å². The predicted molar refractivity (Wildman–Crippen MR) is 71.2 cm³/mol. The van der Waals surface area contributed by atoms with E-state index in [1.165, 1.54) is 17.0 Å². The first-order chi connectivity index (χ1) is 8.02. The fourth-order valence-corrected chi connectivity index (χ4v) is 2.31. The zero-order valence-electron chi connectivity index (χ0n) is 10.4. The molecule has 5 heteroatoms. The topological polar surface area (TPSA) is 26.8 Å². The van der Waals surface area contributed by atoms with E-state index in [1.807, 2.05) is 19.2 Å². The van der Waals surface area contributed by atoms with Crippen LogP contribution in [-0.2, 0) is 4.79 Å². The van der Waals surface area contributed by atoms with Crippen LogP contribution in [0.3, 0.4) is 0 Å². The summed E-state index contributed by atoms with van der Waals surface area (Å²) in [6.45, 7) is 1.09. The highest BCUT2D eigenvalue weighted by Gasteiger charge is 2.32. The van der Waals surface area contributed by atoms with Gasteiger partial charge in [-0.3, -0.25) is 9.69 Å². The van der Waals surface area contributed by atoms with Crippen LogP contribution in [-0.4, -0.2) is 53.4 Å². The molecule has 92 valence electrons. The molecular weight excluding hydrogens is 234 g/mol. The van der Waals surface area contributed by atoms with Crippen LogP contribution in [0.1, 0.15) is 12.8 Å². The Bertz CT molecular complexity index is 427. The maximum Gasteiger partial charge on any atom is 0.276 e. The second-order valence-corrected chi connectivity index (χ2v) is 4.81. The third-order valence-electron chi connectivity index (χ3n) is 3.31. The van der Waals surface area contributed by atoms with E-state index in [0.29, 0.717) is 10.8 Å². The molecule has 2 heterocycles. The number of allylic oxidation sites excluding steroid dienone is 3. The van der Waals surface area contributed by atoms with Crippen LogP contribution < -0.4 is 0 Å². The van der Waals surface area contributed by atoms with Gasteiger partial charge in [0.25, 0.3) is 5.91 Å². The Kier molecular flexibility index (Phi) is 3.19. The maximum absolute atomic E-state index is 11.9. The monoisotopic (exact) mass is 251 g/mol. The van der Waals surface area contributed by atoms with E-state index in [9.17, 15) is 4.79 Å². The zero-order chi connectivity index (χ0) is 12.6. The van der Waals surface area contributed by atoms with E-state index < -0.39 is 0 Å². The molecule has 2 saturated heterocycles. The Morgan fingerprint density at radius 3 is 2.35 bits per heavy atom. The number of nitrogens with zero attached hydrogens (tertiary/aromatic N) is 3. The Morgan fingerprint density at radius 2 is 1.88 bits per heavy atom. The van der Waals surface area contributed by atoms with Gasteiger partial charge >= 0.3 is 0 Å². The molecule has 4 nitrogen and oxygen atoms in total. The standard InChI is InChI=1S/C12H17N3OS/c1-13-8-4-5-9(13)6-7-10-11(16)15(3)12(17)14(10)2/h6-7H,4-5,8H2,1-3H3. The summed E-state index contributed by atoms with van der Waals surface area (Å²) < 4.78 is 0. The number of hydrogen-bond donors (Lipinski definition) is 0. The highest BCUT2D eigenvalue weighted by Crippen LogP contribution is 2.21. The third kappa shape index (κ3) is 2.07. The van der Waals surface area contributed by atoms with Crippen LogP contribution in [0.15, 0.2) is 23.5 Å². The predicted octanol–water partition coefficient (Wildman–Crippen LogP) is 1.17. The van der Waals surface area contributed by atoms with E-state index in [4.69, 9.17) is 12.2 Å². The quantitative estimate of drug-likeness (QED) is 0.516. The summed E-state index contributed by atoms with van der Waals surface area (Å²) in [5, 5.41) is 0.555. The lowest BCUT2D eigenvalue weighted by Gasteiger charge is -2.12. The summed E-state index contributed by atoms with van der Waals surface area (Å²) in [4.78, 5) is 17.4. The van der Waals surface area contributed by atoms with Crippen molar-refractivity contribution in [2.24, 2.45) is 0 Å². The van der Waals surface area contributed by atoms with Crippen molar-refractivity contribution in [2.75, 3.05) is 27.7 Å². The SMILES string of the molecule is CN1CCCC1=CC=C1C(=O)N(C)C(=S)N1C. The van der Waals surface area contributed by atoms with Crippen LogP contribution in [0, 0.1) is 0 Å². The minimum atomic E-state index is -0.0324. The zero-order valence-corrected chi connectivity index (χ0v) is 11.3. The van der Waals surface area contributed by atoms with E-state index in [-0.39, 0.29) is 5.91 Å². The molecule has 0 unspecified atom stereocenters. The highest BCUT2D eigenvalue weighted by molar-refractivity contribution is 7.80. The van der Waals surface area contributed by atoms with Crippen molar-refractivity contribution in [3.05, 3.63) is 23.5 Å². The van der Waals surface area contributed by atoms with Crippen LogP contribution >= 0.6 is 12.2 Å². The van der Waals surface area contributed by atoms with E-state index in [0.717, 1.165) is 13.0 Å². The first kappa shape index (κ1) is 12.1. The summed E-state index contributed by atoms with van der Waals surface area (Å²) in [5.41, 5.74) is 1.92. The molecule has 0 radical (unpaired) electrons. The number of carbonyl (C=O) groups is 1. The Balaban J connectivity index is 2.23. The molecule has 0 aromatic carbocycles. The van der Waals surface area contributed by atoms with Crippen molar-refractivity contribution < 1.29 is 4.79 Å². The van der Waals surface area contributed by atoms with Gasteiger partial charge in [0.05, 0.1) is 0 Å². The molecule has 1 amide bonds. The fourth-order valence-electron chi connectivity index (χ4n) is 2.13. The minimum Gasteiger partial charge on any atom is -0.378 e. The minimum absolute atomic E-state index is 0.0324. The molecule has 17 heavy (non-hydrogen) atoms. The highest BCUT2D eigenvalue weighted by atomic mass is 32.1. The van der Waals surface area contributed by atoms with Crippen molar-refractivity contribution in [1.29, 1.82) is 0 Å². The molecule has 2 aliphatic heterocycles. The first-order valence-electron chi connectivity index (χ1n) is 5.70. The van der Waals surface area contributed by atoms with Crippen LogP contribution in [0.25, 0.3) is 0 Å². The molecular formula is C12H17N3OS. The molecule has 0 aromatic rings. The van der Waals surface area contributed by atoms with Crippen LogP contribution in [0.5, 0.6) is 0 Å². The van der Waals surface area contributed by atoms with E-state index in [2.05, 4.69) is 11.9 Å². The van der Waals surface area contributed by atoms with Gasteiger partial charge in [-0.25, -0.2) is 0 Å². The average Bonchev–Trinajstić information content (AvgIpc) is 2.78. The van der Waals surface area contributed by atoms with E-state index in [1.54, 1.807) is 11.9 Å². The maximum atomic E-state index is 11.9. The lowest BCUT2D eigenvalue weighted by Crippen LogP contribution is -2.26. The van der Waals surface area contributed by atoms with Gasteiger partial charge in [0.1, 0.15) is 5.70 Å². The number of likely N-dealkylation sites (N-methyl/N-ethyl adjacent to an activating group) is 2. The summed E-state index contributed by atoms with van der Waals surface area (Å²) >= 11 is 5.15. The van der Waals surface area contributed by atoms with Gasteiger partial charge in [-0.15, -0.1) is 0 Å². The summed E-state index contributed by atoms with van der Waals surface area (Å²) in [6.07, 6.45) is 6.17. The Labute approximate surface area is 107 Å². The van der Waals surface area contributed by atoms with Crippen molar-refractivity contribution in [2.45, 2.75) is 12.8 Å². The van der Waals surface area contributed by atoms with Gasteiger partial charge in [0, 0.05) is 33.4 Å². The van der Waals surface area contributed by atoms with Crippen LogP contribution in [0.4, 0.5) is 0 Å². The number of rotatable bonds is 1. The van der Waals surface area contributed by atoms with Gasteiger partial charge in [-0.2, -0.15) is 0 Å². The van der Waals surface area contributed by atoms with Gasteiger partial charge < -0.3 is 9.80 Å². The fraction of sp³-hybridized carbons (Fsp3) is 0.500. The molecule has 0 spiro atoms.